The van der Waals surface area contributed by atoms with E-state index >= 15 is 0 Å². The fraction of sp³-hybridized carbons (Fsp3) is 0.200. The van der Waals surface area contributed by atoms with E-state index in [4.69, 9.17) is 14.2 Å². The van der Waals surface area contributed by atoms with Gasteiger partial charge in [0.05, 0.1) is 39.6 Å². The van der Waals surface area contributed by atoms with Crippen LogP contribution < -0.4 is 19.5 Å². The highest BCUT2D eigenvalue weighted by molar-refractivity contribution is 5.97. The number of carbonyl (C=O) groups is 1. The van der Waals surface area contributed by atoms with E-state index in [1.807, 2.05) is 53.2 Å². The highest BCUT2D eigenvalue weighted by atomic mass is 16.5. The van der Waals surface area contributed by atoms with Crippen LogP contribution in [0.5, 0.6) is 17.2 Å². The number of methoxy groups -OCH3 is 3. The zero-order chi connectivity index (χ0) is 22.5. The van der Waals surface area contributed by atoms with Crippen LogP contribution in [0.4, 0.5) is 0 Å². The van der Waals surface area contributed by atoms with Gasteiger partial charge in [-0.3, -0.25) is 9.48 Å². The maximum absolute atomic E-state index is 12.8. The number of hydrogen-bond donors (Lipinski definition) is 1. The Morgan fingerprint density at radius 1 is 0.875 bits per heavy atom. The molecule has 0 unspecified atom stereocenters. The molecule has 1 N–H and O–H groups in total. The molecule has 1 amide bonds. The highest BCUT2D eigenvalue weighted by Crippen LogP contribution is 2.23. The molecular weight excluding hydrogens is 406 g/mol. The Labute approximate surface area is 186 Å². The number of aromatic nitrogens is 2. The van der Waals surface area contributed by atoms with Crippen molar-refractivity contribution in [2.24, 2.45) is 0 Å². The van der Waals surface area contributed by atoms with E-state index in [0.717, 1.165) is 27.8 Å². The zero-order valence-electron chi connectivity index (χ0n) is 18.3. The van der Waals surface area contributed by atoms with Crippen molar-refractivity contribution in [1.82, 2.24) is 15.1 Å². The normalized spacial score (nSPS) is 10.7. The van der Waals surface area contributed by atoms with Gasteiger partial charge < -0.3 is 19.5 Å². The van der Waals surface area contributed by atoms with Crippen LogP contribution in [0.1, 0.15) is 21.5 Å². The second kappa shape index (κ2) is 9.43. The van der Waals surface area contributed by atoms with Crippen molar-refractivity contribution in [2.45, 2.75) is 13.1 Å². The van der Waals surface area contributed by atoms with E-state index in [0.29, 0.717) is 30.2 Å². The minimum absolute atomic E-state index is 0.164. The predicted molar refractivity (Wildman–Crippen MR) is 123 cm³/mol. The number of nitrogens with one attached hydrogen (secondary N) is 1. The monoisotopic (exact) mass is 431 g/mol. The average Bonchev–Trinajstić information content (AvgIpc) is 3.24. The maximum Gasteiger partial charge on any atom is 0.251 e. The van der Waals surface area contributed by atoms with Gasteiger partial charge in [0.1, 0.15) is 17.2 Å². The molecule has 0 fully saturated rings. The van der Waals surface area contributed by atoms with Crippen molar-refractivity contribution in [3.05, 3.63) is 83.6 Å². The number of ether oxygens (including phenoxy) is 3. The quantitative estimate of drug-likeness (QED) is 0.456. The van der Waals surface area contributed by atoms with Crippen LogP contribution >= 0.6 is 0 Å². The third-order valence-corrected chi connectivity index (χ3v) is 5.24. The molecule has 0 spiro atoms. The molecule has 1 aromatic heterocycles. The van der Waals surface area contributed by atoms with Gasteiger partial charge in [-0.25, -0.2) is 0 Å². The van der Waals surface area contributed by atoms with Crippen molar-refractivity contribution in [1.29, 1.82) is 0 Å². The molecule has 0 radical (unpaired) electrons. The van der Waals surface area contributed by atoms with Gasteiger partial charge in [0.15, 0.2) is 0 Å². The highest BCUT2D eigenvalue weighted by Gasteiger charge is 2.11. The van der Waals surface area contributed by atoms with Crippen LogP contribution in [-0.4, -0.2) is 37.0 Å². The molecule has 164 valence electrons. The smallest absolute Gasteiger partial charge is 0.251 e. The van der Waals surface area contributed by atoms with Gasteiger partial charge in [-0.1, -0.05) is 18.2 Å². The topological polar surface area (TPSA) is 74.6 Å². The number of amides is 1. The summed E-state index contributed by atoms with van der Waals surface area (Å²) < 4.78 is 17.8. The molecule has 0 aliphatic rings. The lowest BCUT2D eigenvalue weighted by molar-refractivity contribution is 0.0951. The average molecular weight is 431 g/mol. The first-order valence-electron chi connectivity index (χ1n) is 10.2. The molecule has 4 rings (SSSR count). The first kappa shape index (κ1) is 21.2. The standard InChI is InChI=1S/C25H25N3O4/c1-30-21-6-4-5-17(9-21)16-28-24-12-19(7-8-20(24)15-27-28)25(29)26-14-18-10-22(31-2)13-23(11-18)32-3/h4-13,15H,14,16H2,1-3H3,(H,26,29). The molecule has 0 aliphatic heterocycles. The van der Waals surface area contributed by atoms with Crippen LogP contribution in [0, 0.1) is 0 Å². The maximum atomic E-state index is 12.8. The number of nitrogens with zero attached hydrogens (tertiary/aromatic N) is 2. The fourth-order valence-electron chi connectivity index (χ4n) is 3.53. The largest absolute Gasteiger partial charge is 0.497 e. The zero-order valence-corrected chi connectivity index (χ0v) is 18.3. The summed E-state index contributed by atoms with van der Waals surface area (Å²) >= 11 is 0. The summed E-state index contributed by atoms with van der Waals surface area (Å²) in [5.74, 6) is 1.99. The van der Waals surface area contributed by atoms with Crippen molar-refractivity contribution in [2.75, 3.05) is 21.3 Å². The third-order valence-electron chi connectivity index (χ3n) is 5.24. The molecule has 0 saturated heterocycles. The van der Waals surface area contributed by atoms with Gasteiger partial charge in [0.2, 0.25) is 0 Å². The molecule has 4 aromatic rings. The van der Waals surface area contributed by atoms with E-state index in [1.165, 1.54) is 0 Å². The van der Waals surface area contributed by atoms with E-state index in [-0.39, 0.29) is 5.91 Å². The minimum Gasteiger partial charge on any atom is -0.497 e. The first-order valence-corrected chi connectivity index (χ1v) is 10.2. The molecule has 3 aromatic carbocycles. The lowest BCUT2D eigenvalue weighted by Crippen LogP contribution is -2.22. The van der Waals surface area contributed by atoms with Crippen LogP contribution in [0.25, 0.3) is 10.9 Å². The number of carbonyl (C=O) groups excluding carboxylic acids is 1. The molecular formula is C25H25N3O4. The van der Waals surface area contributed by atoms with Crippen molar-refractivity contribution < 1.29 is 19.0 Å². The Balaban J connectivity index is 1.52. The number of benzene rings is 3. The van der Waals surface area contributed by atoms with Gasteiger partial charge >= 0.3 is 0 Å². The molecule has 0 bridgehead atoms. The molecule has 7 heteroatoms. The summed E-state index contributed by atoms with van der Waals surface area (Å²) in [6, 6.07) is 19.0. The SMILES string of the molecule is COc1cccc(Cn2ncc3ccc(C(=O)NCc4cc(OC)cc(OC)c4)cc32)c1. The Kier molecular flexibility index (Phi) is 6.26. The molecule has 0 aliphatic carbocycles. The lowest BCUT2D eigenvalue weighted by atomic mass is 10.1. The van der Waals surface area contributed by atoms with Crippen molar-refractivity contribution in [3.8, 4) is 17.2 Å². The van der Waals surface area contributed by atoms with E-state index in [1.54, 1.807) is 39.7 Å². The number of hydrogen-bond acceptors (Lipinski definition) is 5. The molecule has 0 saturated carbocycles. The summed E-state index contributed by atoms with van der Waals surface area (Å²) in [6.45, 7) is 0.933. The summed E-state index contributed by atoms with van der Waals surface area (Å²) in [5, 5.41) is 8.43. The Hall–Kier alpha value is -4.00. The van der Waals surface area contributed by atoms with Gasteiger partial charge in [-0.2, -0.15) is 5.10 Å². The summed E-state index contributed by atoms with van der Waals surface area (Å²) in [7, 11) is 4.84. The van der Waals surface area contributed by atoms with E-state index in [9.17, 15) is 4.79 Å². The van der Waals surface area contributed by atoms with Crippen LogP contribution in [0.15, 0.2) is 66.9 Å². The minimum atomic E-state index is -0.164. The van der Waals surface area contributed by atoms with Crippen LogP contribution in [0.2, 0.25) is 0 Å². The molecule has 1 heterocycles. The molecule has 0 atom stereocenters. The second-order valence-corrected chi connectivity index (χ2v) is 7.33. The number of rotatable bonds is 8. The van der Waals surface area contributed by atoms with Gasteiger partial charge in [0, 0.05) is 23.6 Å². The van der Waals surface area contributed by atoms with Gasteiger partial charge in [0.25, 0.3) is 5.91 Å². The van der Waals surface area contributed by atoms with Crippen molar-refractivity contribution >= 4 is 16.8 Å². The van der Waals surface area contributed by atoms with Gasteiger partial charge in [-0.15, -0.1) is 0 Å². The lowest BCUT2D eigenvalue weighted by Gasteiger charge is -2.10. The first-order chi connectivity index (χ1) is 15.6. The summed E-state index contributed by atoms with van der Waals surface area (Å²) in [5.41, 5.74) is 3.41. The van der Waals surface area contributed by atoms with Crippen LogP contribution in [-0.2, 0) is 13.1 Å². The van der Waals surface area contributed by atoms with E-state index in [2.05, 4.69) is 10.4 Å². The summed E-state index contributed by atoms with van der Waals surface area (Å²) in [6.07, 6.45) is 1.81. The Bertz CT molecular complexity index is 1230. The van der Waals surface area contributed by atoms with Gasteiger partial charge in [-0.05, 0) is 47.5 Å². The number of fused-ring (bicyclic) bond motifs is 1. The third kappa shape index (κ3) is 4.67. The Morgan fingerprint density at radius 2 is 1.59 bits per heavy atom. The second-order valence-electron chi connectivity index (χ2n) is 7.33. The Morgan fingerprint density at radius 3 is 2.31 bits per heavy atom. The van der Waals surface area contributed by atoms with E-state index < -0.39 is 0 Å². The molecule has 7 nitrogen and oxygen atoms in total. The molecule has 32 heavy (non-hydrogen) atoms. The van der Waals surface area contributed by atoms with Crippen LogP contribution in [0.3, 0.4) is 0 Å². The fourth-order valence-corrected chi connectivity index (χ4v) is 3.53. The predicted octanol–water partition coefficient (Wildman–Crippen LogP) is 4.04. The summed E-state index contributed by atoms with van der Waals surface area (Å²) in [4.78, 5) is 12.8. The van der Waals surface area contributed by atoms with Crippen molar-refractivity contribution in [3.63, 3.8) is 0 Å².